The Morgan fingerprint density at radius 1 is 1.26 bits per heavy atom. The molecule has 1 saturated heterocycles. The van der Waals surface area contributed by atoms with Crippen LogP contribution in [0.4, 0.5) is 10.1 Å². The van der Waals surface area contributed by atoms with E-state index in [0.29, 0.717) is 40.5 Å². The van der Waals surface area contributed by atoms with Gasteiger partial charge < -0.3 is 16.5 Å². The van der Waals surface area contributed by atoms with Crippen molar-refractivity contribution < 1.29 is 4.39 Å². The van der Waals surface area contributed by atoms with Crippen LogP contribution in [0.3, 0.4) is 0 Å². The summed E-state index contributed by atoms with van der Waals surface area (Å²) in [5.41, 5.74) is 6.39. The molecule has 0 bridgehead atoms. The minimum Gasteiger partial charge on any atom is -0.369 e. The van der Waals surface area contributed by atoms with Crippen LogP contribution in [0.5, 0.6) is 0 Å². The quantitative estimate of drug-likeness (QED) is 0.759. The Bertz CT molecular complexity index is 1010. The summed E-state index contributed by atoms with van der Waals surface area (Å²) in [5.74, 6) is 5.49. The number of aromatic nitrogens is 2. The number of nitrogens with two attached hydrogens (primary N) is 2. The van der Waals surface area contributed by atoms with Crippen LogP contribution in [0.25, 0.3) is 10.9 Å². The lowest BCUT2D eigenvalue weighted by atomic mass is 10.0. The third kappa shape index (κ3) is 3.00. The van der Waals surface area contributed by atoms with E-state index < -0.39 is 17.1 Å². The van der Waals surface area contributed by atoms with Crippen molar-refractivity contribution in [3.8, 4) is 0 Å². The standard InChI is InChI=1S/C18H24FN5O2.ClH/c1-9-15-13(17(25)24(21)18(26)23(15)12-3-4-12)7-14(19)16(9)22-6-5-11(8-22)10(2)20;/h7,10-12H,3-6,8,20-21H2,1-2H3;1H/t10-,11+;/m1./s1. The minimum atomic E-state index is -0.662. The van der Waals surface area contributed by atoms with Gasteiger partial charge in [-0.05, 0) is 45.1 Å². The van der Waals surface area contributed by atoms with Gasteiger partial charge in [0.25, 0.3) is 5.56 Å². The van der Waals surface area contributed by atoms with E-state index in [1.165, 1.54) is 6.07 Å². The zero-order valence-corrected chi connectivity index (χ0v) is 16.3. The molecule has 0 unspecified atom stereocenters. The topological polar surface area (TPSA) is 99.3 Å². The lowest BCUT2D eigenvalue weighted by molar-refractivity contribution is 0.487. The normalized spacial score (nSPS) is 20.7. The zero-order chi connectivity index (χ0) is 18.7. The van der Waals surface area contributed by atoms with Crippen LogP contribution in [0.2, 0.25) is 0 Å². The molecule has 27 heavy (non-hydrogen) atoms. The van der Waals surface area contributed by atoms with Crippen LogP contribution in [-0.2, 0) is 0 Å². The van der Waals surface area contributed by atoms with E-state index in [2.05, 4.69) is 0 Å². The fourth-order valence-electron chi connectivity index (χ4n) is 4.14. The number of halogens is 2. The molecule has 148 valence electrons. The first kappa shape index (κ1) is 19.7. The molecule has 2 aliphatic rings. The number of hydrogen-bond acceptors (Lipinski definition) is 5. The number of hydrogen-bond donors (Lipinski definition) is 2. The second-order valence-electron chi connectivity index (χ2n) is 7.64. The van der Waals surface area contributed by atoms with E-state index in [1.54, 1.807) is 11.5 Å². The molecule has 0 radical (unpaired) electrons. The maximum Gasteiger partial charge on any atom is 0.350 e. The lowest BCUT2D eigenvalue weighted by Crippen LogP contribution is -2.44. The van der Waals surface area contributed by atoms with E-state index in [-0.39, 0.29) is 29.9 Å². The number of fused-ring (bicyclic) bond motifs is 1. The van der Waals surface area contributed by atoms with Crippen LogP contribution < -0.4 is 27.7 Å². The summed E-state index contributed by atoms with van der Waals surface area (Å²) in [6.45, 7) is 5.12. The van der Waals surface area contributed by atoms with Gasteiger partial charge in [0.05, 0.1) is 16.6 Å². The highest BCUT2D eigenvalue weighted by Crippen LogP contribution is 2.39. The zero-order valence-electron chi connectivity index (χ0n) is 15.4. The molecule has 1 aromatic carbocycles. The monoisotopic (exact) mass is 397 g/mol. The van der Waals surface area contributed by atoms with Crippen molar-refractivity contribution in [1.82, 2.24) is 9.24 Å². The van der Waals surface area contributed by atoms with Crippen LogP contribution >= 0.6 is 12.4 Å². The van der Waals surface area contributed by atoms with Gasteiger partial charge in [0.1, 0.15) is 5.82 Å². The molecule has 2 fully saturated rings. The Hall–Kier alpha value is -2.06. The highest BCUT2D eigenvalue weighted by atomic mass is 35.5. The number of nitrogen functional groups attached to an aromatic ring is 1. The average molecular weight is 398 g/mol. The maximum atomic E-state index is 15.0. The van der Waals surface area contributed by atoms with Crippen molar-refractivity contribution in [1.29, 1.82) is 0 Å². The molecular weight excluding hydrogens is 373 g/mol. The van der Waals surface area contributed by atoms with Crippen LogP contribution in [0.1, 0.15) is 37.8 Å². The van der Waals surface area contributed by atoms with Gasteiger partial charge in [0.15, 0.2) is 0 Å². The van der Waals surface area contributed by atoms with Gasteiger partial charge in [-0.3, -0.25) is 9.36 Å². The summed E-state index contributed by atoms with van der Waals surface area (Å²) in [6.07, 6.45) is 2.61. The predicted molar refractivity (Wildman–Crippen MR) is 107 cm³/mol. The summed E-state index contributed by atoms with van der Waals surface area (Å²) < 4.78 is 17.1. The third-order valence-electron chi connectivity index (χ3n) is 5.76. The van der Waals surface area contributed by atoms with Gasteiger partial charge in [0.2, 0.25) is 0 Å². The average Bonchev–Trinajstić information content (AvgIpc) is 3.30. The molecule has 2 aromatic rings. The van der Waals surface area contributed by atoms with Gasteiger partial charge >= 0.3 is 5.69 Å². The van der Waals surface area contributed by atoms with Crippen LogP contribution in [0.15, 0.2) is 15.7 Å². The first-order chi connectivity index (χ1) is 12.3. The van der Waals surface area contributed by atoms with Crippen molar-refractivity contribution in [2.75, 3.05) is 23.8 Å². The van der Waals surface area contributed by atoms with E-state index in [0.717, 1.165) is 19.3 Å². The van der Waals surface area contributed by atoms with Crippen LogP contribution in [0, 0.1) is 18.7 Å². The van der Waals surface area contributed by atoms with Crippen molar-refractivity contribution in [3.63, 3.8) is 0 Å². The van der Waals surface area contributed by atoms with Crippen molar-refractivity contribution in [3.05, 3.63) is 38.3 Å². The molecule has 1 aliphatic heterocycles. The Kier molecular flexibility index (Phi) is 4.98. The van der Waals surface area contributed by atoms with Gasteiger partial charge in [-0.25, -0.2) is 9.18 Å². The molecule has 1 aliphatic carbocycles. The molecule has 4 N–H and O–H groups in total. The molecule has 9 heteroatoms. The fraction of sp³-hybridized carbons (Fsp3) is 0.556. The summed E-state index contributed by atoms with van der Waals surface area (Å²) in [4.78, 5) is 27.0. The van der Waals surface area contributed by atoms with Gasteiger partial charge in [-0.15, -0.1) is 12.4 Å². The second-order valence-corrected chi connectivity index (χ2v) is 7.64. The second kappa shape index (κ2) is 6.83. The summed E-state index contributed by atoms with van der Waals surface area (Å²) in [5, 5.41) is 0.153. The Morgan fingerprint density at radius 3 is 2.48 bits per heavy atom. The summed E-state index contributed by atoms with van der Waals surface area (Å²) in [7, 11) is 0. The smallest absolute Gasteiger partial charge is 0.350 e. The van der Waals surface area contributed by atoms with E-state index in [4.69, 9.17) is 11.6 Å². The first-order valence-corrected chi connectivity index (χ1v) is 9.07. The van der Waals surface area contributed by atoms with E-state index in [1.807, 2.05) is 11.8 Å². The predicted octanol–water partition coefficient (Wildman–Crippen LogP) is 1.25. The van der Waals surface area contributed by atoms with Gasteiger partial charge in [-0.2, -0.15) is 4.68 Å². The number of anilines is 1. The Balaban J connectivity index is 0.00000210. The number of rotatable bonds is 3. The molecule has 7 nitrogen and oxygen atoms in total. The highest BCUT2D eigenvalue weighted by Gasteiger charge is 2.32. The van der Waals surface area contributed by atoms with E-state index >= 15 is 0 Å². The number of aryl methyl sites for hydroxylation is 1. The largest absolute Gasteiger partial charge is 0.369 e. The molecule has 1 aromatic heterocycles. The Morgan fingerprint density at radius 2 is 1.93 bits per heavy atom. The van der Waals surface area contributed by atoms with Crippen molar-refractivity contribution >= 4 is 29.0 Å². The number of benzene rings is 1. The molecule has 0 spiro atoms. The van der Waals surface area contributed by atoms with Gasteiger partial charge in [0, 0.05) is 30.7 Å². The van der Waals surface area contributed by atoms with Crippen molar-refractivity contribution in [2.24, 2.45) is 11.7 Å². The van der Waals surface area contributed by atoms with Gasteiger partial charge in [-0.1, -0.05) is 0 Å². The molecule has 4 rings (SSSR count). The first-order valence-electron chi connectivity index (χ1n) is 9.07. The molecular formula is C18H25ClFN5O2. The highest BCUT2D eigenvalue weighted by molar-refractivity contribution is 5.87. The molecule has 2 atom stereocenters. The Labute approximate surface area is 162 Å². The molecule has 1 saturated carbocycles. The third-order valence-corrected chi connectivity index (χ3v) is 5.76. The SMILES string of the molecule is Cc1c(N2CC[C@H]([C@@H](C)N)C2)c(F)cc2c(=O)n(N)c(=O)n(C3CC3)c12.Cl. The lowest BCUT2D eigenvalue weighted by Gasteiger charge is -2.24. The summed E-state index contributed by atoms with van der Waals surface area (Å²) in [6, 6.07) is 1.28. The summed E-state index contributed by atoms with van der Waals surface area (Å²) >= 11 is 0. The van der Waals surface area contributed by atoms with E-state index in [9.17, 15) is 14.0 Å². The fourth-order valence-corrected chi connectivity index (χ4v) is 4.14. The molecule has 2 heterocycles. The van der Waals surface area contributed by atoms with Crippen molar-refractivity contribution in [2.45, 2.75) is 45.2 Å². The molecule has 0 amide bonds. The number of nitrogens with zero attached hydrogens (tertiary/aromatic N) is 3. The van der Waals surface area contributed by atoms with Crippen LogP contribution in [-0.4, -0.2) is 28.4 Å². The maximum absolute atomic E-state index is 15.0. The minimum absolute atomic E-state index is 0.